The highest BCUT2D eigenvalue weighted by Crippen LogP contribution is 2.14. The molecule has 0 amide bonds. The van der Waals surface area contributed by atoms with Gasteiger partial charge in [-0.15, -0.1) is 11.3 Å². The van der Waals surface area contributed by atoms with E-state index in [9.17, 15) is 0 Å². The Morgan fingerprint density at radius 3 is 2.93 bits per heavy atom. The van der Waals surface area contributed by atoms with Gasteiger partial charge in [0.15, 0.2) is 0 Å². The molecule has 0 spiro atoms. The van der Waals surface area contributed by atoms with E-state index in [1.165, 1.54) is 10.4 Å². The number of thiophene rings is 1. The fourth-order valence-corrected chi connectivity index (χ4v) is 2.07. The molecule has 1 unspecified atom stereocenters. The lowest BCUT2D eigenvalue weighted by Crippen LogP contribution is -2.33. The number of nitrogens with two attached hydrogens (primary N) is 1. The Hall–Kier alpha value is -0.420. The van der Waals surface area contributed by atoms with Crippen LogP contribution < -0.4 is 11.1 Å². The molecule has 0 aliphatic heterocycles. The Bertz CT molecular complexity index is 258. The molecule has 0 saturated heterocycles. The highest BCUT2D eigenvalue weighted by Gasteiger charge is 2.04. The predicted molar refractivity (Wildman–Crippen MR) is 60.6 cm³/mol. The van der Waals surface area contributed by atoms with E-state index in [1.54, 1.807) is 18.4 Å². The predicted octanol–water partition coefficient (Wildman–Crippen LogP) is 1.12. The van der Waals surface area contributed by atoms with Gasteiger partial charge in [0.1, 0.15) is 0 Å². The van der Waals surface area contributed by atoms with Crippen molar-refractivity contribution in [1.29, 1.82) is 0 Å². The summed E-state index contributed by atoms with van der Waals surface area (Å²) in [5.74, 6) is 0. The van der Waals surface area contributed by atoms with Gasteiger partial charge >= 0.3 is 0 Å². The van der Waals surface area contributed by atoms with Gasteiger partial charge in [-0.25, -0.2) is 0 Å². The van der Waals surface area contributed by atoms with Gasteiger partial charge in [-0.2, -0.15) is 0 Å². The fraction of sp³-hybridized carbons (Fsp3) is 0.600. The van der Waals surface area contributed by atoms with E-state index in [0.717, 1.165) is 13.1 Å². The summed E-state index contributed by atoms with van der Waals surface area (Å²) in [6, 6.07) is 2.14. The number of rotatable bonds is 6. The molecule has 0 aliphatic rings. The minimum absolute atomic E-state index is 0.121. The van der Waals surface area contributed by atoms with Crippen LogP contribution in [0.3, 0.4) is 0 Å². The second-order valence-corrected chi connectivity index (χ2v) is 4.25. The molecule has 1 rings (SSSR count). The summed E-state index contributed by atoms with van der Waals surface area (Å²) < 4.78 is 5.17. The first kappa shape index (κ1) is 11.7. The number of aryl methyl sites for hydroxylation is 1. The largest absolute Gasteiger partial charge is 0.379 e. The summed E-state index contributed by atoms with van der Waals surface area (Å²) in [7, 11) is 1.69. The fourth-order valence-electron chi connectivity index (χ4n) is 1.19. The topological polar surface area (TPSA) is 47.3 Å². The van der Waals surface area contributed by atoms with E-state index >= 15 is 0 Å². The Morgan fingerprint density at radius 2 is 2.43 bits per heavy atom. The van der Waals surface area contributed by atoms with Crippen LogP contribution in [0.15, 0.2) is 11.4 Å². The third-order valence-electron chi connectivity index (χ3n) is 2.22. The quantitative estimate of drug-likeness (QED) is 0.746. The molecular weight excluding hydrogens is 196 g/mol. The van der Waals surface area contributed by atoms with Gasteiger partial charge in [0, 0.05) is 31.6 Å². The smallest absolute Gasteiger partial charge is 0.0817 e. The first-order valence-corrected chi connectivity index (χ1v) is 5.62. The zero-order chi connectivity index (χ0) is 10.4. The highest BCUT2D eigenvalue weighted by molar-refractivity contribution is 7.10. The number of nitrogens with one attached hydrogen (secondary N) is 1. The van der Waals surface area contributed by atoms with Crippen LogP contribution in [-0.2, 0) is 11.3 Å². The minimum Gasteiger partial charge on any atom is -0.379 e. The third kappa shape index (κ3) is 3.38. The second-order valence-electron chi connectivity index (χ2n) is 3.25. The average Bonchev–Trinajstić information content (AvgIpc) is 2.59. The molecule has 1 aromatic rings. The van der Waals surface area contributed by atoms with Gasteiger partial charge in [-0.05, 0) is 23.9 Å². The van der Waals surface area contributed by atoms with Crippen molar-refractivity contribution in [3.05, 3.63) is 21.9 Å². The lowest BCUT2D eigenvalue weighted by atomic mass is 10.3. The normalized spacial score (nSPS) is 13.1. The molecule has 1 aromatic heterocycles. The van der Waals surface area contributed by atoms with Crippen molar-refractivity contribution in [2.75, 3.05) is 20.2 Å². The van der Waals surface area contributed by atoms with Crippen LogP contribution in [0.25, 0.3) is 0 Å². The maximum absolute atomic E-state index is 5.51. The van der Waals surface area contributed by atoms with E-state index < -0.39 is 0 Å². The molecule has 0 bridgehead atoms. The third-order valence-corrected chi connectivity index (χ3v) is 3.24. The molecule has 0 aromatic carbocycles. The highest BCUT2D eigenvalue weighted by atomic mass is 32.1. The van der Waals surface area contributed by atoms with E-state index in [2.05, 4.69) is 23.7 Å². The molecule has 80 valence electrons. The molecule has 4 heteroatoms. The molecule has 1 atom stereocenters. The Balaban J connectivity index is 2.24. The van der Waals surface area contributed by atoms with Gasteiger partial charge < -0.3 is 15.8 Å². The lowest BCUT2D eigenvalue weighted by molar-refractivity contribution is 0.108. The van der Waals surface area contributed by atoms with Crippen LogP contribution in [-0.4, -0.2) is 26.3 Å². The molecular formula is C10H18N2OS. The number of hydrogen-bond donors (Lipinski definition) is 2. The molecule has 0 aliphatic carbocycles. The SMILES string of the molecule is COC(CN)CNCc1sccc1C. The summed E-state index contributed by atoms with van der Waals surface area (Å²) in [4.78, 5) is 1.39. The minimum atomic E-state index is 0.121. The van der Waals surface area contributed by atoms with Gasteiger partial charge in [-0.3, -0.25) is 0 Å². The van der Waals surface area contributed by atoms with E-state index in [1.807, 2.05) is 0 Å². The van der Waals surface area contributed by atoms with E-state index in [4.69, 9.17) is 10.5 Å². The standard InChI is InChI=1S/C10H18N2OS/c1-8-3-4-14-10(8)7-12-6-9(5-11)13-2/h3-4,9,12H,5-7,11H2,1-2H3. The van der Waals surface area contributed by atoms with Crippen molar-refractivity contribution in [1.82, 2.24) is 5.32 Å². The summed E-state index contributed by atoms with van der Waals surface area (Å²) >= 11 is 1.78. The first-order valence-electron chi connectivity index (χ1n) is 4.74. The maximum atomic E-state index is 5.51. The van der Waals surface area contributed by atoms with Gasteiger partial charge in [-0.1, -0.05) is 0 Å². The number of hydrogen-bond acceptors (Lipinski definition) is 4. The van der Waals surface area contributed by atoms with Crippen molar-refractivity contribution in [3.8, 4) is 0 Å². The monoisotopic (exact) mass is 214 g/mol. The molecule has 3 nitrogen and oxygen atoms in total. The zero-order valence-electron chi connectivity index (χ0n) is 8.75. The summed E-state index contributed by atoms with van der Waals surface area (Å²) in [5, 5.41) is 5.45. The first-order chi connectivity index (χ1) is 6.77. The Morgan fingerprint density at radius 1 is 1.64 bits per heavy atom. The van der Waals surface area contributed by atoms with Crippen LogP contribution in [0.2, 0.25) is 0 Å². The number of ether oxygens (including phenoxy) is 1. The molecule has 0 saturated carbocycles. The summed E-state index contributed by atoms with van der Waals surface area (Å²) in [5.41, 5.74) is 6.86. The van der Waals surface area contributed by atoms with Crippen molar-refractivity contribution in [2.24, 2.45) is 5.73 Å². The lowest BCUT2D eigenvalue weighted by Gasteiger charge is -2.13. The molecule has 14 heavy (non-hydrogen) atoms. The van der Waals surface area contributed by atoms with Crippen LogP contribution in [0, 0.1) is 6.92 Å². The van der Waals surface area contributed by atoms with Crippen molar-refractivity contribution in [3.63, 3.8) is 0 Å². The van der Waals surface area contributed by atoms with Gasteiger partial charge in [0.25, 0.3) is 0 Å². The van der Waals surface area contributed by atoms with Crippen LogP contribution in [0.5, 0.6) is 0 Å². The van der Waals surface area contributed by atoms with Gasteiger partial charge in [0.05, 0.1) is 6.10 Å². The average molecular weight is 214 g/mol. The maximum Gasteiger partial charge on any atom is 0.0817 e. The van der Waals surface area contributed by atoms with Crippen molar-refractivity contribution >= 4 is 11.3 Å². The van der Waals surface area contributed by atoms with Crippen molar-refractivity contribution < 1.29 is 4.74 Å². The van der Waals surface area contributed by atoms with Gasteiger partial charge in [0.2, 0.25) is 0 Å². The molecule has 0 radical (unpaired) electrons. The second kappa shape index (κ2) is 6.14. The number of methoxy groups -OCH3 is 1. The van der Waals surface area contributed by atoms with Crippen LogP contribution >= 0.6 is 11.3 Å². The summed E-state index contributed by atoms with van der Waals surface area (Å²) in [6.07, 6.45) is 0.121. The molecule has 0 fully saturated rings. The Labute approximate surface area is 89.3 Å². The Kier molecular flexibility index (Phi) is 5.11. The van der Waals surface area contributed by atoms with E-state index in [0.29, 0.717) is 6.54 Å². The van der Waals surface area contributed by atoms with E-state index in [-0.39, 0.29) is 6.10 Å². The van der Waals surface area contributed by atoms with Crippen LogP contribution in [0.1, 0.15) is 10.4 Å². The molecule has 3 N–H and O–H groups in total. The zero-order valence-corrected chi connectivity index (χ0v) is 9.56. The molecule has 1 heterocycles. The van der Waals surface area contributed by atoms with Crippen LogP contribution in [0.4, 0.5) is 0 Å². The van der Waals surface area contributed by atoms with Crippen molar-refractivity contribution in [2.45, 2.75) is 19.6 Å². The summed E-state index contributed by atoms with van der Waals surface area (Å²) in [6.45, 7) is 4.41.